The molecule has 0 aliphatic carbocycles. The average Bonchev–Trinajstić information content (AvgIpc) is 2.69. The molecule has 164 valence electrons. The maximum atomic E-state index is 14.2. The van der Waals surface area contributed by atoms with Crippen LogP contribution in [0.25, 0.3) is 10.8 Å². The third-order valence-corrected chi connectivity index (χ3v) is 7.34. The Bertz CT molecular complexity index is 1170. The van der Waals surface area contributed by atoms with Crippen LogP contribution in [0.3, 0.4) is 0 Å². The molecule has 0 aliphatic rings. The first-order valence-corrected chi connectivity index (χ1v) is 12.1. The van der Waals surface area contributed by atoms with Crippen molar-refractivity contribution in [3.63, 3.8) is 0 Å². The van der Waals surface area contributed by atoms with Gasteiger partial charge in [0, 0.05) is 5.39 Å². The zero-order valence-electron chi connectivity index (χ0n) is 19.4. The third-order valence-electron chi connectivity index (χ3n) is 5.51. The van der Waals surface area contributed by atoms with Gasteiger partial charge in [-0.2, -0.15) is 0 Å². The lowest BCUT2D eigenvalue weighted by molar-refractivity contribution is 0.565. The number of hydrogen-bond donors (Lipinski definition) is 0. The van der Waals surface area contributed by atoms with Crippen molar-refractivity contribution >= 4 is 26.5 Å². The second kappa shape index (κ2) is 8.16. The monoisotopic (exact) mass is 435 g/mol. The van der Waals surface area contributed by atoms with Crippen LogP contribution in [0.4, 0.5) is 5.69 Å². The molecular weight excluding hydrogens is 402 g/mol. The number of rotatable bonds is 5. The lowest BCUT2D eigenvalue weighted by Gasteiger charge is -2.35. The highest BCUT2D eigenvalue weighted by Crippen LogP contribution is 2.42. The maximum absolute atomic E-state index is 14.2. The predicted octanol–water partition coefficient (Wildman–Crippen LogP) is 6.82. The first-order chi connectivity index (χ1) is 14.4. The summed E-state index contributed by atoms with van der Waals surface area (Å²) in [6, 6.07) is 19.2. The SMILES string of the molecule is C=CCN(c1c(C(C)(C)C)cccc1C(C)(C)C)S(=O)(=O)c1cccc2ccccc12. The number of anilines is 1. The van der Waals surface area contributed by atoms with E-state index in [9.17, 15) is 8.42 Å². The van der Waals surface area contributed by atoms with Gasteiger partial charge in [0.05, 0.1) is 17.1 Å². The van der Waals surface area contributed by atoms with Crippen molar-refractivity contribution in [1.82, 2.24) is 0 Å². The first-order valence-electron chi connectivity index (χ1n) is 10.6. The lowest BCUT2D eigenvalue weighted by Crippen LogP contribution is -2.36. The maximum Gasteiger partial charge on any atom is 0.265 e. The van der Waals surface area contributed by atoms with Crippen LogP contribution >= 0.6 is 0 Å². The quantitative estimate of drug-likeness (QED) is 0.413. The molecule has 0 bridgehead atoms. The highest BCUT2D eigenvalue weighted by atomic mass is 32.2. The van der Waals surface area contributed by atoms with Crippen molar-refractivity contribution in [3.8, 4) is 0 Å². The molecule has 3 rings (SSSR count). The summed E-state index contributed by atoms with van der Waals surface area (Å²) in [5, 5.41) is 1.63. The smallest absolute Gasteiger partial charge is 0.262 e. The van der Waals surface area contributed by atoms with Crippen LogP contribution in [-0.2, 0) is 20.9 Å². The van der Waals surface area contributed by atoms with Crippen LogP contribution in [-0.4, -0.2) is 15.0 Å². The van der Waals surface area contributed by atoms with Crippen LogP contribution < -0.4 is 4.31 Å². The number of fused-ring (bicyclic) bond motifs is 1. The molecule has 0 saturated heterocycles. The molecule has 0 heterocycles. The Morgan fingerprint density at radius 3 is 1.87 bits per heavy atom. The van der Waals surface area contributed by atoms with Gasteiger partial charge in [0.25, 0.3) is 10.0 Å². The van der Waals surface area contributed by atoms with Crippen LogP contribution in [0, 0.1) is 0 Å². The Balaban J connectivity index is 2.39. The van der Waals surface area contributed by atoms with E-state index in [0.29, 0.717) is 4.90 Å². The summed E-state index contributed by atoms with van der Waals surface area (Å²) in [5.41, 5.74) is 2.31. The topological polar surface area (TPSA) is 37.4 Å². The molecule has 3 nitrogen and oxygen atoms in total. The van der Waals surface area contributed by atoms with Crippen molar-refractivity contribution < 1.29 is 8.42 Å². The molecule has 0 radical (unpaired) electrons. The van der Waals surface area contributed by atoms with Crippen molar-refractivity contribution in [2.75, 3.05) is 10.8 Å². The van der Waals surface area contributed by atoms with E-state index in [0.717, 1.165) is 27.6 Å². The fourth-order valence-corrected chi connectivity index (χ4v) is 5.68. The Labute approximate surface area is 187 Å². The Hall–Kier alpha value is -2.59. The molecule has 4 heteroatoms. The molecule has 31 heavy (non-hydrogen) atoms. The fraction of sp³-hybridized carbons (Fsp3) is 0.333. The summed E-state index contributed by atoms with van der Waals surface area (Å²) < 4.78 is 29.9. The van der Waals surface area contributed by atoms with E-state index in [2.05, 4.69) is 48.1 Å². The molecule has 3 aromatic carbocycles. The van der Waals surface area contributed by atoms with E-state index in [-0.39, 0.29) is 17.4 Å². The van der Waals surface area contributed by atoms with Gasteiger partial charge in [-0.3, -0.25) is 4.31 Å². The highest BCUT2D eigenvalue weighted by molar-refractivity contribution is 7.93. The fourth-order valence-electron chi connectivity index (χ4n) is 3.99. The van der Waals surface area contributed by atoms with Gasteiger partial charge in [-0.1, -0.05) is 102 Å². The van der Waals surface area contributed by atoms with E-state index in [1.165, 1.54) is 0 Å². The summed E-state index contributed by atoms with van der Waals surface area (Å²) in [7, 11) is -3.85. The number of hydrogen-bond acceptors (Lipinski definition) is 2. The van der Waals surface area contributed by atoms with Crippen LogP contribution in [0.15, 0.2) is 78.2 Å². The van der Waals surface area contributed by atoms with E-state index in [1.807, 2.05) is 54.6 Å². The molecule has 0 N–H and O–H groups in total. The normalized spacial score (nSPS) is 12.7. The van der Waals surface area contributed by atoms with Crippen LogP contribution in [0.5, 0.6) is 0 Å². The van der Waals surface area contributed by atoms with Gasteiger partial charge in [0.1, 0.15) is 0 Å². The van der Waals surface area contributed by atoms with E-state index < -0.39 is 10.0 Å². The van der Waals surface area contributed by atoms with Gasteiger partial charge in [-0.05, 0) is 33.4 Å². The van der Waals surface area contributed by atoms with Crippen molar-refractivity contribution in [3.05, 3.63) is 84.4 Å². The predicted molar refractivity (Wildman–Crippen MR) is 133 cm³/mol. The van der Waals surface area contributed by atoms with Gasteiger partial charge >= 0.3 is 0 Å². The molecular formula is C27H33NO2S. The summed E-state index contributed by atoms with van der Waals surface area (Å²) >= 11 is 0. The van der Waals surface area contributed by atoms with Crippen molar-refractivity contribution in [1.29, 1.82) is 0 Å². The van der Waals surface area contributed by atoms with Gasteiger partial charge in [0.2, 0.25) is 0 Å². The Kier molecular flexibility index (Phi) is 6.07. The van der Waals surface area contributed by atoms with Crippen LogP contribution in [0.2, 0.25) is 0 Å². The number of benzene rings is 3. The second-order valence-electron chi connectivity index (χ2n) is 10.0. The Morgan fingerprint density at radius 1 is 0.806 bits per heavy atom. The average molecular weight is 436 g/mol. The summed E-state index contributed by atoms with van der Waals surface area (Å²) in [6.07, 6.45) is 1.66. The first kappa shape index (κ1) is 23.1. The molecule has 0 atom stereocenters. The van der Waals surface area contributed by atoms with E-state index in [1.54, 1.807) is 16.4 Å². The number of sulfonamides is 1. The van der Waals surface area contributed by atoms with Crippen molar-refractivity contribution in [2.45, 2.75) is 57.3 Å². The molecule has 0 spiro atoms. The minimum Gasteiger partial charge on any atom is -0.262 e. The zero-order chi connectivity index (χ0) is 23.0. The standard InChI is InChI=1S/C27H33NO2S/c1-8-19-28(25-22(26(2,3)4)16-12-17-23(25)27(5,6)7)31(29,30)24-18-11-14-20-13-9-10-15-21(20)24/h8-18H,1,19H2,2-7H3. The zero-order valence-corrected chi connectivity index (χ0v) is 20.3. The minimum absolute atomic E-state index is 0.196. The van der Waals surface area contributed by atoms with E-state index in [4.69, 9.17) is 0 Å². The van der Waals surface area contributed by atoms with Gasteiger partial charge < -0.3 is 0 Å². The van der Waals surface area contributed by atoms with Gasteiger partial charge in [-0.25, -0.2) is 8.42 Å². The minimum atomic E-state index is -3.85. The highest BCUT2D eigenvalue weighted by Gasteiger charge is 2.34. The molecule has 0 fully saturated rings. The largest absolute Gasteiger partial charge is 0.265 e. The second-order valence-corrected chi connectivity index (χ2v) is 11.8. The molecule has 0 unspecified atom stereocenters. The van der Waals surface area contributed by atoms with E-state index >= 15 is 0 Å². The molecule has 0 amide bonds. The summed E-state index contributed by atoms with van der Waals surface area (Å²) in [6.45, 7) is 16.8. The Morgan fingerprint density at radius 2 is 1.32 bits per heavy atom. The number of nitrogens with zero attached hydrogens (tertiary/aromatic N) is 1. The van der Waals surface area contributed by atoms with Crippen LogP contribution in [0.1, 0.15) is 52.7 Å². The number of para-hydroxylation sites is 1. The van der Waals surface area contributed by atoms with Crippen molar-refractivity contribution in [2.24, 2.45) is 0 Å². The molecule has 0 aromatic heterocycles. The molecule has 0 aliphatic heterocycles. The lowest BCUT2D eigenvalue weighted by atomic mass is 9.78. The van der Waals surface area contributed by atoms with Gasteiger partial charge in [0.15, 0.2) is 0 Å². The summed E-state index contributed by atoms with van der Waals surface area (Å²) in [4.78, 5) is 0.316. The molecule has 0 saturated carbocycles. The molecule has 3 aromatic rings. The van der Waals surface area contributed by atoms with Gasteiger partial charge in [-0.15, -0.1) is 6.58 Å². The summed E-state index contributed by atoms with van der Waals surface area (Å²) in [5.74, 6) is 0. The third kappa shape index (κ3) is 4.40.